The lowest BCUT2D eigenvalue weighted by Crippen LogP contribution is -2.41. The van der Waals surface area contributed by atoms with Crippen molar-refractivity contribution < 1.29 is 13.5 Å². The maximum Gasteiger partial charge on any atom is 0.213 e. The summed E-state index contributed by atoms with van der Waals surface area (Å²) in [5, 5.41) is 8.68. The minimum atomic E-state index is -3.19. The van der Waals surface area contributed by atoms with Crippen LogP contribution in [0.3, 0.4) is 0 Å². The summed E-state index contributed by atoms with van der Waals surface area (Å²) in [5.74, 6) is 0.0405. The molecular weight excluding hydrogens is 240 g/mol. The summed E-state index contributed by atoms with van der Waals surface area (Å²) in [7, 11) is -1.56. The van der Waals surface area contributed by atoms with Crippen LogP contribution in [0, 0.1) is 0 Å². The highest BCUT2D eigenvalue weighted by atomic mass is 32.2. The second-order valence-electron chi connectivity index (χ2n) is 4.60. The average Bonchev–Trinajstić information content (AvgIpc) is 2.73. The normalized spacial score (nSPS) is 22.5. The Morgan fingerprint density at radius 1 is 1.47 bits per heavy atom. The van der Waals surface area contributed by atoms with Gasteiger partial charge in [-0.15, -0.1) is 0 Å². The molecule has 1 N–H and O–H groups in total. The molecular formula is C11H24N2O3S. The first-order chi connectivity index (χ1) is 8.01. The van der Waals surface area contributed by atoms with Gasteiger partial charge in [-0.05, 0) is 32.4 Å². The van der Waals surface area contributed by atoms with Crippen molar-refractivity contribution in [1.29, 1.82) is 0 Å². The average molecular weight is 264 g/mol. The fraction of sp³-hybridized carbons (Fsp3) is 1.00. The first-order valence-electron chi connectivity index (χ1n) is 6.30. The van der Waals surface area contributed by atoms with E-state index in [1.54, 1.807) is 7.05 Å². The minimum Gasteiger partial charge on any atom is -0.396 e. The van der Waals surface area contributed by atoms with E-state index < -0.39 is 10.0 Å². The van der Waals surface area contributed by atoms with Crippen LogP contribution in [0.5, 0.6) is 0 Å². The number of aliphatic hydroxyl groups is 1. The molecule has 1 saturated heterocycles. The summed E-state index contributed by atoms with van der Waals surface area (Å²) >= 11 is 0. The third-order valence-electron chi connectivity index (χ3n) is 3.41. The summed E-state index contributed by atoms with van der Waals surface area (Å²) in [4.78, 5) is 2.33. The molecule has 1 fully saturated rings. The fourth-order valence-electron chi connectivity index (χ4n) is 2.33. The van der Waals surface area contributed by atoms with Crippen molar-refractivity contribution in [3.8, 4) is 0 Å². The molecule has 1 aliphatic rings. The molecule has 102 valence electrons. The number of rotatable bonds is 7. The van der Waals surface area contributed by atoms with Crippen molar-refractivity contribution >= 4 is 10.0 Å². The largest absolute Gasteiger partial charge is 0.396 e. The van der Waals surface area contributed by atoms with Gasteiger partial charge in [0.1, 0.15) is 0 Å². The van der Waals surface area contributed by atoms with E-state index in [0.717, 1.165) is 25.9 Å². The summed E-state index contributed by atoms with van der Waals surface area (Å²) in [6.07, 6.45) is 2.55. The van der Waals surface area contributed by atoms with Crippen LogP contribution in [0.25, 0.3) is 0 Å². The van der Waals surface area contributed by atoms with Crippen molar-refractivity contribution in [3.05, 3.63) is 0 Å². The van der Waals surface area contributed by atoms with E-state index in [2.05, 4.69) is 11.8 Å². The molecule has 6 heteroatoms. The second kappa shape index (κ2) is 6.68. The Hall–Kier alpha value is -0.170. The Balaban J connectivity index is 2.50. The summed E-state index contributed by atoms with van der Waals surface area (Å²) in [5.41, 5.74) is 0. The Morgan fingerprint density at radius 2 is 2.18 bits per heavy atom. The molecule has 0 spiro atoms. The highest BCUT2D eigenvalue weighted by Gasteiger charge is 2.27. The maximum absolute atomic E-state index is 11.9. The number of aliphatic hydroxyl groups excluding tert-OH is 1. The summed E-state index contributed by atoms with van der Waals surface area (Å²) in [6, 6.07) is 0.355. The van der Waals surface area contributed by atoms with E-state index in [4.69, 9.17) is 5.11 Å². The van der Waals surface area contributed by atoms with Crippen molar-refractivity contribution in [2.24, 2.45) is 0 Å². The molecule has 1 unspecified atom stereocenters. The molecule has 0 saturated carbocycles. The van der Waals surface area contributed by atoms with Crippen LogP contribution in [0.15, 0.2) is 0 Å². The van der Waals surface area contributed by atoms with Crippen LogP contribution in [-0.4, -0.2) is 67.8 Å². The molecule has 1 aliphatic heterocycles. The van der Waals surface area contributed by atoms with Gasteiger partial charge in [-0.3, -0.25) is 4.90 Å². The first-order valence-corrected chi connectivity index (χ1v) is 7.91. The number of hydrogen-bond donors (Lipinski definition) is 1. The van der Waals surface area contributed by atoms with Gasteiger partial charge in [0.05, 0.1) is 5.75 Å². The fourth-order valence-corrected chi connectivity index (χ4v) is 3.54. The van der Waals surface area contributed by atoms with E-state index in [0.29, 0.717) is 19.0 Å². The standard InChI is InChI=1S/C11H24N2O3S/c1-3-13-7-4-6-11(13)10-12(2)17(15,16)9-5-8-14/h11,14H,3-10H2,1-2H3. The molecule has 0 aliphatic carbocycles. The van der Waals surface area contributed by atoms with Gasteiger partial charge in [0.2, 0.25) is 10.0 Å². The SMILES string of the molecule is CCN1CCCC1CN(C)S(=O)(=O)CCCO. The van der Waals surface area contributed by atoms with E-state index in [-0.39, 0.29) is 12.4 Å². The molecule has 1 rings (SSSR count). The van der Waals surface area contributed by atoms with Gasteiger partial charge in [-0.25, -0.2) is 12.7 Å². The molecule has 0 aromatic heterocycles. The Kier molecular flexibility index (Phi) is 5.85. The van der Waals surface area contributed by atoms with Gasteiger partial charge in [-0.1, -0.05) is 6.92 Å². The van der Waals surface area contributed by atoms with Crippen molar-refractivity contribution in [2.45, 2.75) is 32.2 Å². The monoisotopic (exact) mass is 264 g/mol. The van der Waals surface area contributed by atoms with Crippen LogP contribution < -0.4 is 0 Å². The smallest absolute Gasteiger partial charge is 0.213 e. The van der Waals surface area contributed by atoms with Gasteiger partial charge in [0, 0.05) is 26.2 Å². The van der Waals surface area contributed by atoms with E-state index in [9.17, 15) is 8.42 Å². The first kappa shape index (κ1) is 14.9. The van der Waals surface area contributed by atoms with Gasteiger partial charge < -0.3 is 5.11 Å². The lowest BCUT2D eigenvalue weighted by atomic mass is 10.2. The van der Waals surface area contributed by atoms with Crippen LogP contribution in [0.1, 0.15) is 26.2 Å². The number of likely N-dealkylation sites (N-methyl/N-ethyl adjacent to an activating group) is 2. The van der Waals surface area contributed by atoms with Crippen LogP contribution >= 0.6 is 0 Å². The molecule has 1 atom stereocenters. The number of nitrogens with zero attached hydrogens (tertiary/aromatic N) is 2. The molecule has 0 aromatic carbocycles. The van der Waals surface area contributed by atoms with Gasteiger partial charge in [0.15, 0.2) is 0 Å². The highest BCUT2D eigenvalue weighted by Crippen LogP contribution is 2.18. The highest BCUT2D eigenvalue weighted by molar-refractivity contribution is 7.89. The van der Waals surface area contributed by atoms with Gasteiger partial charge >= 0.3 is 0 Å². The topological polar surface area (TPSA) is 60.9 Å². The number of likely N-dealkylation sites (tertiary alicyclic amines) is 1. The zero-order valence-corrected chi connectivity index (χ0v) is 11.6. The van der Waals surface area contributed by atoms with Crippen molar-refractivity contribution in [3.63, 3.8) is 0 Å². The Bertz CT molecular complexity index is 319. The zero-order chi connectivity index (χ0) is 12.9. The third-order valence-corrected chi connectivity index (χ3v) is 5.31. The van der Waals surface area contributed by atoms with Gasteiger partial charge in [0.25, 0.3) is 0 Å². The molecule has 0 bridgehead atoms. The predicted octanol–water partition coefficient (Wildman–Crippen LogP) is 0.115. The van der Waals surface area contributed by atoms with Crippen molar-refractivity contribution in [2.75, 3.05) is 39.0 Å². The molecule has 5 nitrogen and oxygen atoms in total. The van der Waals surface area contributed by atoms with E-state index in [1.807, 2.05) is 0 Å². The van der Waals surface area contributed by atoms with Crippen LogP contribution in [-0.2, 0) is 10.0 Å². The second-order valence-corrected chi connectivity index (χ2v) is 6.79. The van der Waals surface area contributed by atoms with Crippen molar-refractivity contribution in [1.82, 2.24) is 9.21 Å². The lowest BCUT2D eigenvalue weighted by Gasteiger charge is -2.27. The van der Waals surface area contributed by atoms with Gasteiger partial charge in [-0.2, -0.15) is 0 Å². The molecule has 0 amide bonds. The summed E-state index contributed by atoms with van der Waals surface area (Å²) in [6.45, 7) is 4.67. The Labute approximate surface area is 104 Å². The predicted molar refractivity (Wildman–Crippen MR) is 68.4 cm³/mol. The van der Waals surface area contributed by atoms with E-state index >= 15 is 0 Å². The lowest BCUT2D eigenvalue weighted by molar-refractivity contribution is 0.237. The van der Waals surface area contributed by atoms with Crippen LogP contribution in [0.2, 0.25) is 0 Å². The zero-order valence-electron chi connectivity index (χ0n) is 10.8. The van der Waals surface area contributed by atoms with Crippen LogP contribution in [0.4, 0.5) is 0 Å². The number of hydrogen-bond acceptors (Lipinski definition) is 4. The number of sulfonamides is 1. The molecule has 1 heterocycles. The summed E-state index contributed by atoms with van der Waals surface area (Å²) < 4.78 is 25.2. The molecule has 17 heavy (non-hydrogen) atoms. The maximum atomic E-state index is 11.9. The quantitative estimate of drug-likeness (QED) is 0.709. The minimum absolute atomic E-state index is 0.0405. The molecule has 0 aromatic rings. The third kappa shape index (κ3) is 4.21. The Morgan fingerprint density at radius 3 is 2.76 bits per heavy atom. The van der Waals surface area contributed by atoms with E-state index in [1.165, 1.54) is 4.31 Å². The molecule has 0 radical (unpaired) electrons.